The zero-order valence-electron chi connectivity index (χ0n) is 15.2. The number of benzene rings is 2. The Kier molecular flexibility index (Phi) is 6.04. The van der Waals surface area contributed by atoms with Crippen molar-refractivity contribution >= 4 is 17.6 Å². The molecule has 4 nitrogen and oxygen atoms in total. The highest BCUT2D eigenvalue weighted by molar-refractivity contribution is 6.30. The summed E-state index contributed by atoms with van der Waals surface area (Å²) < 4.78 is 5.45. The second-order valence-corrected chi connectivity index (χ2v) is 7.19. The Bertz CT molecular complexity index is 727. The molecule has 0 heterocycles. The molecule has 1 aliphatic carbocycles. The highest BCUT2D eigenvalue weighted by Gasteiger charge is 2.33. The summed E-state index contributed by atoms with van der Waals surface area (Å²) in [5.41, 5.74) is 2.18. The Balaban J connectivity index is 1.60. The number of halogens is 1. The molecule has 5 heteroatoms. The number of rotatable bonds is 7. The third kappa shape index (κ3) is 4.92. The molecule has 1 unspecified atom stereocenters. The number of carbonyl (C=O) groups is 1. The predicted octanol–water partition coefficient (Wildman–Crippen LogP) is 5.03. The zero-order valence-corrected chi connectivity index (χ0v) is 16.0. The molecule has 0 bridgehead atoms. The van der Waals surface area contributed by atoms with E-state index in [1.165, 1.54) is 0 Å². The Morgan fingerprint density at radius 3 is 2.42 bits per heavy atom. The van der Waals surface area contributed by atoms with E-state index in [4.69, 9.17) is 16.3 Å². The second-order valence-electron chi connectivity index (χ2n) is 6.75. The molecule has 2 aromatic carbocycles. The Morgan fingerprint density at radius 1 is 1.19 bits per heavy atom. The molecule has 0 radical (unpaired) electrons. The SMILES string of the molecule is CCOc1ccc(CN(C)C(=O)NC(c2ccc(Cl)cc2)C2CC2)cc1. The lowest BCUT2D eigenvalue weighted by molar-refractivity contribution is 0.201. The molecule has 0 aliphatic heterocycles. The fraction of sp³-hybridized carbons (Fsp3) is 0.381. The van der Waals surface area contributed by atoms with Gasteiger partial charge in [-0.05, 0) is 61.1 Å². The molecule has 2 aromatic rings. The summed E-state index contributed by atoms with van der Waals surface area (Å²) in [7, 11) is 1.82. The van der Waals surface area contributed by atoms with E-state index in [-0.39, 0.29) is 12.1 Å². The maximum absolute atomic E-state index is 12.7. The fourth-order valence-electron chi connectivity index (χ4n) is 3.02. The minimum atomic E-state index is -0.0641. The molecule has 0 saturated heterocycles. The van der Waals surface area contributed by atoms with Crippen LogP contribution in [0.25, 0.3) is 0 Å². The summed E-state index contributed by atoms with van der Waals surface area (Å²) in [5.74, 6) is 1.36. The molecule has 26 heavy (non-hydrogen) atoms. The largest absolute Gasteiger partial charge is 0.494 e. The summed E-state index contributed by atoms with van der Waals surface area (Å²) in [6.45, 7) is 3.16. The lowest BCUT2D eigenvalue weighted by atomic mass is 10.0. The number of urea groups is 1. The number of nitrogens with zero attached hydrogens (tertiary/aromatic N) is 1. The lowest BCUT2D eigenvalue weighted by Gasteiger charge is -2.24. The van der Waals surface area contributed by atoms with Crippen LogP contribution in [0.3, 0.4) is 0 Å². The first kappa shape index (κ1) is 18.6. The minimum Gasteiger partial charge on any atom is -0.494 e. The number of nitrogens with one attached hydrogen (secondary N) is 1. The standard InChI is InChI=1S/C21H25ClN2O2/c1-3-26-19-12-4-15(5-13-19)14-24(2)21(25)23-20(16-6-7-16)17-8-10-18(22)11-9-17/h4-5,8-13,16,20H,3,6-7,14H2,1-2H3,(H,23,25). The molecule has 0 spiro atoms. The van der Waals surface area contributed by atoms with Gasteiger partial charge in [0.1, 0.15) is 5.75 Å². The summed E-state index contributed by atoms with van der Waals surface area (Å²) in [6.07, 6.45) is 2.30. The molecular formula is C21H25ClN2O2. The molecule has 1 saturated carbocycles. The smallest absolute Gasteiger partial charge is 0.317 e. The van der Waals surface area contributed by atoms with Crippen molar-refractivity contribution in [2.45, 2.75) is 32.4 Å². The van der Waals surface area contributed by atoms with Crippen LogP contribution in [0.5, 0.6) is 5.75 Å². The van der Waals surface area contributed by atoms with E-state index in [0.29, 0.717) is 24.1 Å². The van der Waals surface area contributed by atoms with Crippen LogP contribution in [0.2, 0.25) is 5.02 Å². The fourth-order valence-corrected chi connectivity index (χ4v) is 3.15. The predicted molar refractivity (Wildman–Crippen MR) is 105 cm³/mol. The first-order valence-corrected chi connectivity index (χ1v) is 9.43. The van der Waals surface area contributed by atoms with Gasteiger partial charge in [-0.25, -0.2) is 4.79 Å². The maximum atomic E-state index is 12.7. The normalized spacial score (nSPS) is 14.6. The summed E-state index contributed by atoms with van der Waals surface area (Å²) in [5, 5.41) is 3.90. The van der Waals surface area contributed by atoms with Crippen LogP contribution in [0.15, 0.2) is 48.5 Å². The van der Waals surface area contributed by atoms with E-state index in [2.05, 4.69) is 5.32 Å². The minimum absolute atomic E-state index is 0.0440. The van der Waals surface area contributed by atoms with Crippen molar-refractivity contribution in [2.75, 3.05) is 13.7 Å². The van der Waals surface area contributed by atoms with Gasteiger partial charge >= 0.3 is 6.03 Å². The number of amides is 2. The van der Waals surface area contributed by atoms with Gasteiger partial charge in [0.2, 0.25) is 0 Å². The Morgan fingerprint density at radius 2 is 1.85 bits per heavy atom. The molecule has 0 aromatic heterocycles. The van der Waals surface area contributed by atoms with Crippen LogP contribution in [0, 0.1) is 5.92 Å². The van der Waals surface area contributed by atoms with Gasteiger partial charge in [-0.15, -0.1) is 0 Å². The van der Waals surface area contributed by atoms with Gasteiger partial charge in [0, 0.05) is 18.6 Å². The zero-order chi connectivity index (χ0) is 18.5. The van der Waals surface area contributed by atoms with E-state index < -0.39 is 0 Å². The first-order chi connectivity index (χ1) is 12.6. The van der Waals surface area contributed by atoms with Crippen LogP contribution in [0.1, 0.15) is 36.9 Å². The van der Waals surface area contributed by atoms with Crippen molar-refractivity contribution in [3.63, 3.8) is 0 Å². The van der Waals surface area contributed by atoms with E-state index in [1.807, 2.05) is 62.5 Å². The van der Waals surface area contributed by atoms with E-state index >= 15 is 0 Å². The summed E-state index contributed by atoms with van der Waals surface area (Å²) >= 11 is 5.98. The van der Waals surface area contributed by atoms with Crippen molar-refractivity contribution in [3.8, 4) is 5.75 Å². The monoisotopic (exact) mass is 372 g/mol. The summed E-state index contributed by atoms with van der Waals surface area (Å²) in [6, 6.07) is 15.6. The van der Waals surface area contributed by atoms with Crippen molar-refractivity contribution < 1.29 is 9.53 Å². The average Bonchev–Trinajstić information content (AvgIpc) is 3.47. The van der Waals surface area contributed by atoms with Gasteiger partial charge in [0.05, 0.1) is 12.6 Å². The van der Waals surface area contributed by atoms with Crippen molar-refractivity contribution in [1.82, 2.24) is 10.2 Å². The first-order valence-electron chi connectivity index (χ1n) is 9.05. The van der Waals surface area contributed by atoms with Crippen molar-refractivity contribution in [2.24, 2.45) is 5.92 Å². The summed E-state index contributed by atoms with van der Waals surface area (Å²) in [4.78, 5) is 14.4. The lowest BCUT2D eigenvalue weighted by Crippen LogP contribution is -2.39. The number of hydrogen-bond donors (Lipinski definition) is 1. The maximum Gasteiger partial charge on any atom is 0.317 e. The third-order valence-electron chi connectivity index (χ3n) is 4.60. The van der Waals surface area contributed by atoms with Gasteiger partial charge in [-0.2, -0.15) is 0 Å². The second kappa shape index (κ2) is 8.45. The third-order valence-corrected chi connectivity index (χ3v) is 4.85. The van der Waals surface area contributed by atoms with Crippen LogP contribution in [0.4, 0.5) is 4.79 Å². The molecule has 138 valence electrons. The molecule has 1 fully saturated rings. The van der Waals surface area contributed by atoms with Crippen molar-refractivity contribution in [3.05, 3.63) is 64.7 Å². The van der Waals surface area contributed by atoms with Crippen molar-refractivity contribution in [1.29, 1.82) is 0 Å². The average molecular weight is 373 g/mol. The van der Waals surface area contributed by atoms with Crippen LogP contribution in [-0.4, -0.2) is 24.6 Å². The van der Waals surface area contributed by atoms with Gasteiger partial charge in [-0.3, -0.25) is 0 Å². The van der Waals surface area contributed by atoms with E-state index in [0.717, 1.165) is 29.7 Å². The van der Waals surface area contributed by atoms with Gasteiger partial charge < -0.3 is 15.0 Å². The number of carbonyl (C=O) groups excluding carboxylic acids is 1. The highest BCUT2D eigenvalue weighted by Crippen LogP contribution is 2.41. The topological polar surface area (TPSA) is 41.6 Å². The number of hydrogen-bond acceptors (Lipinski definition) is 2. The van der Waals surface area contributed by atoms with E-state index in [1.54, 1.807) is 4.90 Å². The molecule has 3 rings (SSSR count). The van der Waals surface area contributed by atoms with Gasteiger partial charge in [0.25, 0.3) is 0 Å². The van der Waals surface area contributed by atoms with Crippen LogP contribution >= 0.6 is 11.6 Å². The molecule has 2 amide bonds. The Hall–Kier alpha value is -2.20. The van der Waals surface area contributed by atoms with Crippen LogP contribution < -0.4 is 10.1 Å². The molecule has 1 atom stereocenters. The molecular weight excluding hydrogens is 348 g/mol. The van der Waals surface area contributed by atoms with E-state index in [9.17, 15) is 4.79 Å². The van der Waals surface area contributed by atoms with Gasteiger partial charge in [-0.1, -0.05) is 35.9 Å². The quantitative estimate of drug-likeness (QED) is 0.740. The highest BCUT2D eigenvalue weighted by atomic mass is 35.5. The van der Waals surface area contributed by atoms with Crippen LogP contribution in [-0.2, 0) is 6.54 Å². The molecule has 1 N–H and O–H groups in total. The van der Waals surface area contributed by atoms with Gasteiger partial charge in [0.15, 0.2) is 0 Å². The number of ether oxygens (including phenoxy) is 1. The molecule has 1 aliphatic rings. The Labute approximate surface area is 160 Å².